The second kappa shape index (κ2) is 5.54. The Balaban J connectivity index is 1.87. The van der Waals surface area contributed by atoms with Crippen LogP contribution in [-0.4, -0.2) is 12.5 Å². The molecule has 3 nitrogen and oxygen atoms in total. The van der Waals surface area contributed by atoms with Gasteiger partial charge in [0.15, 0.2) is 0 Å². The highest BCUT2D eigenvalue weighted by Gasteiger charge is 2.17. The predicted octanol–water partition coefficient (Wildman–Crippen LogP) is 2.95. The molecule has 0 heterocycles. The van der Waals surface area contributed by atoms with Crippen molar-refractivity contribution in [1.82, 2.24) is 5.32 Å². The molecule has 0 unspecified atom stereocenters. The van der Waals surface area contributed by atoms with Crippen molar-refractivity contribution in [3.63, 3.8) is 0 Å². The van der Waals surface area contributed by atoms with Crippen LogP contribution in [0.3, 0.4) is 0 Å². The van der Waals surface area contributed by atoms with E-state index in [1.54, 1.807) is 12.1 Å². The minimum absolute atomic E-state index is 0.0804. The van der Waals surface area contributed by atoms with Crippen LogP contribution in [-0.2, 0) is 0 Å². The molecule has 0 atom stereocenters. The van der Waals surface area contributed by atoms with Crippen LogP contribution in [0.5, 0.6) is 0 Å². The highest BCUT2D eigenvalue weighted by atomic mass is 79.9. The molecule has 0 saturated heterocycles. The Bertz CT molecular complexity index is 416. The van der Waals surface area contributed by atoms with Crippen molar-refractivity contribution in [3.8, 4) is 0 Å². The summed E-state index contributed by atoms with van der Waals surface area (Å²) < 4.78 is 0.871. The number of nitrogen functional groups attached to an aromatic ring is 1. The summed E-state index contributed by atoms with van der Waals surface area (Å²) in [7, 11) is 0. The van der Waals surface area contributed by atoms with Gasteiger partial charge in [-0.15, -0.1) is 0 Å². The Kier molecular flexibility index (Phi) is 4.05. The maximum absolute atomic E-state index is 11.9. The third-order valence-electron chi connectivity index (χ3n) is 3.32. The minimum Gasteiger partial charge on any atom is -0.398 e. The number of anilines is 1. The van der Waals surface area contributed by atoms with Gasteiger partial charge in [-0.2, -0.15) is 0 Å². The van der Waals surface area contributed by atoms with E-state index in [2.05, 4.69) is 21.2 Å². The maximum atomic E-state index is 11.9. The summed E-state index contributed by atoms with van der Waals surface area (Å²) >= 11 is 3.34. The van der Waals surface area contributed by atoms with E-state index in [0.29, 0.717) is 11.3 Å². The van der Waals surface area contributed by atoms with Crippen LogP contribution in [0, 0.1) is 5.92 Å². The average molecular weight is 297 g/mol. The first kappa shape index (κ1) is 12.4. The number of halogens is 1. The molecule has 4 heteroatoms. The Morgan fingerprint density at radius 1 is 1.47 bits per heavy atom. The second-order valence-electron chi connectivity index (χ2n) is 4.57. The van der Waals surface area contributed by atoms with Crippen molar-refractivity contribution in [1.29, 1.82) is 0 Å². The largest absolute Gasteiger partial charge is 0.398 e. The van der Waals surface area contributed by atoms with Crippen molar-refractivity contribution in [3.05, 3.63) is 28.2 Å². The minimum atomic E-state index is -0.0804. The molecular formula is C13H17BrN2O. The SMILES string of the molecule is Nc1ccc(Br)cc1C(=O)NCCC1CCC1. The summed E-state index contributed by atoms with van der Waals surface area (Å²) in [6, 6.07) is 5.33. The highest BCUT2D eigenvalue weighted by Crippen LogP contribution is 2.28. The fourth-order valence-corrected chi connectivity index (χ4v) is 2.35. The van der Waals surface area contributed by atoms with Crippen molar-refractivity contribution in [2.75, 3.05) is 12.3 Å². The Morgan fingerprint density at radius 3 is 2.88 bits per heavy atom. The number of rotatable bonds is 4. The molecule has 1 aromatic carbocycles. The number of carbonyl (C=O) groups is 1. The molecule has 0 aromatic heterocycles. The lowest BCUT2D eigenvalue weighted by Gasteiger charge is -2.25. The van der Waals surface area contributed by atoms with Crippen molar-refractivity contribution in [2.24, 2.45) is 5.92 Å². The number of hydrogen-bond donors (Lipinski definition) is 2. The fourth-order valence-electron chi connectivity index (χ4n) is 1.99. The van der Waals surface area contributed by atoms with E-state index in [-0.39, 0.29) is 5.91 Å². The van der Waals surface area contributed by atoms with E-state index in [0.717, 1.165) is 23.4 Å². The van der Waals surface area contributed by atoms with E-state index in [9.17, 15) is 4.79 Å². The third kappa shape index (κ3) is 3.22. The number of benzene rings is 1. The second-order valence-corrected chi connectivity index (χ2v) is 5.49. The molecule has 1 aliphatic carbocycles. The maximum Gasteiger partial charge on any atom is 0.253 e. The lowest BCUT2D eigenvalue weighted by Crippen LogP contribution is -2.28. The van der Waals surface area contributed by atoms with E-state index < -0.39 is 0 Å². The zero-order chi connectivity index (χ0) is 12.3. The quantitative estimate of drug-likeness (QED) is 0.840. The molecule has 0 radical (unpaired) electrons. The van der Waals surface area contributed by atoms with Gasteiger partial charge in [0.1, 0.15) is 0 Å². The summed E-state index contributed by atoms with van der Waals surface area (Å²) in [5, 5.41) is 2.93. The molecule has 1 fully saturated rings. The lowest BCUT2D eigenvalue weighted by molar-refractivity contribution is 0.0950. The predicted molar refractivity (Wildman–Crippen MR) is 72.8 cm³/mol. The van der Waals surface area contributed by atoms with E-state index >= 15 is 0 Å². The van der Waals surface area contributed by atoms with Crippen molar-refractivity contribution in [2.45, 2.75) is 25.7 Å². The zero-order valence-corrected chi connectivity index (χ0v) is 11.3. The van der Waals surface area contributed by atoms with Crippen LogP contribution in [0.2, 0.25) is 0 Å². The van der Waals surface area contributed by atoms with E-state index in [4.69, 9.17) is 5.73 Å². The summed E-state index contributed by atoms with van der Waals surface area (Å²) in [5.74, 6) is 0.735. The number of hydrogen-bond acceptors (Lipinski definition) is 2. The van der Waals surface area contributed by atoms with Crippen LogP contribution in [0.4, 0.5) is 5.69 Å². The number of nitrogens with one attached hydrogen (secondary N) is 1. The third-order valence-corrected chi connectivity index (χ3v) is 3.82. The molecular weight excluding hydrogens is 280 g/mol. The van der Waals surface area contributed by atoms with Crippen LogP contribution in [0.1, 0.15) is 36.0 Å². The topological polar surface area (TPSA) is 55.1 Å². The first-order valence-electron chi connectivity index (χ1n) is 6.00. The Morgan fingerprint density at radius 2 is 2.24 bits per heavy atom. The van der Waals surface area contributed by atoms with Crippen LogP contribution >= 0.6 is 15.9 Å². The molecule has 0 aliphatic heterocycles. The molecule has 1 saturated carbocycles. The molecule has 92 valence electrons. The number of amides is 1. The number of carbonyl (C=O) groups excluding carboxylic acids is 1. The standard InChI is InChI=1S/C13H17BrN2O/c14-10-4-5-12(15)11(8-10)13(17)16-7-6-9-2-1-3-9/h4-5,8-9H,1-3,6-7,15H2,(H,16,17). The summed E-state index contributed by atoms with van der Waals surface area (Å²) in [5.41, 5.74) is 6.85. The molecule has 0 spiro atoms. The molecule has 17 heavy (non-hydrogen) atoms. The molecule has 1 aromatic rings. The van der Waals surface area contributed by atoms with Gasteiger partial charge in [0.05, 0.1) is 5.56 Å². The monoisotopic (exact) mass is 296 g/mol. The van der Waals surface area contributed by atoms with Gasteiger partial charge in [0.25, 0.3) is 5.91 Å². The molecule has 1 amide bonds. The lowest BCUT2D eigenvalue weighted by atomic mass is 9.83. The average Bonchev–Trinajstić information content (AvgIpc) is 2.25. The molecule has 0 bridgehead atoms. The van der Waals surface area contributed by atoms with Gasteiger partial charge in [0.2, 0.25) is 0 Å². The van der Waals surface area contributed by atoms with Gasteiger partial charge in [0, 0.05) is 16.7 Å². The van der Waals surface area contributed by atoms with Crippen LogP contribution in [0.15, 0.2) is 22.7 Å². The van der Waals surface area contributed by atoms with Gasteiger partial charge in [-0.3, -0.25) is 4.79 Å². The highest BCUT2D eigenvalue weighted by molar-refractivity contribution is 9.10. The Labute approximate surface area is 110 Å². The van der Waals surface area contributed by atoms with Crippen molar-refractivity contribution >= 4 is 27.5 Å². The molecule has 3 N–H and O–H groups in total. The molecule has 2 rings (SSSR count). The van der Waals surface area contributed by atoms with Gasteiger partial charge < -0.3 is 11.1 Å². The molecule has 1 aliphatic rings. The van der Waals surface area contributed by atoms with Gasteiger partial charge in [-0.1, -0.05) is 35.2 Å². The van der Waals surface area contributed by atoms with E-state index in [1.807, 2.05) is 6.07 Å². The van der Waals surface area contributed by atoms with Gasteiger partial charge >= 0.3 is 0 Å². The number of nitrogens with two attached hydrogens (primary N) is 1. The van der Waals surface area contributed by atoms with Gasteiger partial charge in [-0.05, 0) is 30.5 Å². The smallest absolute Gasteiger partial charge is 0.253 e. The van der Waals surface area contributed by atoms with Gasteiger partial charge in [-0.25, -0.2) is 0 Å². The summed E-state index contributed by atoms with van der Waals surface area (Å²) in [4.78, 5) is 11.9. The zero-order valence-electron chi connectivity index (χ0n) is 9.71. The van der Waals surface area contributed by atoms with Crippen molar-refractivity contribution < 1.29 is 4.79 Å². The Hall–Kier alpha value is -1.03. The first-order chi connectivity index (χ1) is 8.16. The van der Waals surface area contributed by atoms with Crippen LogP contribution in [0.25, 0.3) is 0 Å². The summed E-state index contributed by atoms with van der Waals surface area (Å²) in [6.07, 6.45) is 5.06. The fraction of sp³-hybridized carbons (Fsp3) is 0.462. The van der Waals surface area contributed by atoms with Crippen LogP contribution < -0.4 is 11.1 Å². The normalized spacial score (nSPS) is 15.4. The summed E-state index contributed by atoms with van der Waals surface area (Å²) in [6.45, 7) is 0.745. The first-order valence-corrected chi connectivity index (χ1v) is 6.79. The van der Waals surface area contributed by atoms with E-state index in [1.165, 1.54) is 19.3 Å².